The third-order valence-corrected chi connectivity index (χ3v) is 2.94. The van der Waals surface area contributed by atoms with E-state index >= 15 is 0 Å². The van der Waals surface area contributed by atoms with Gasteiger partial charge in [-0.2, -0.15) is 5.10 Å². The molecule has 0 radical (unpaired) electrons. The second-order valence-corrected chi connectivity index (χ2v) is 4.61. The van der Waals surface area contributed by atoms with E-state index in [1.165, 1.54) is 7.11 Å². The van der Waals surface area contributed by atoms with Crippen molar-refractivity contribution in [3.8, 4) is 0 Å². The molecule has 0 saturated carbocycles. The molecule has 124 valence electrons. The van der Waals surface area contributed by atoms with Crippen LogP contribution in [0.3, 0.4) is 0 Å². The van der Waals surface area contributed by atoms with Crippen molar-refractivity contribution in [2.75, 3.05) is 19.2 Å². The molecule has 1 atom stereocenters. The van der Waals surface area contributed by atoms with Crippen LogP contribution in [0, 0.1) is 0 Å². The van der Waals surface area contributed by atoms with Crippen molar-refractivity contribution in [2.45, 2.75) is 46.1 Å². The summed E-state index contributed by atoms with van der Waals surface area (Å²) in [5, 5.41) is 6.14. The lowest BCUT2D eigenvalue weighted by atomic mass is 10.1. The summed E-state index contributed by atoms with van der Waals surface area (Å²) in [5.41, 5.74) is 7.72. The monoisotopic (exact) mass is 307 g/mol. The third kappa shape index (κ3) is 7.22. The van der Waals surface area contributed by atoms with E-state index in [1.807, 2.05) is 56.4 Å². The Balaban J connectivity index is 0.00000211. The van der Waals surface area contributed by atoms with Gasteiger partial charge in [0.05, 0.1) is 12.8 Å². The highest BCUT2D eigenvalue weighted by Crippen LogP contribution is 2.15. The number of anilines is 1. The highest BCUT2D eigenvalue weighted by atomic mass is 16.5. The molecule has 0 amide bonds. The largest absolute Gasteiger partial charge is 0.468 e. The second-order valence-electron chi connectivity index (χ2n) is 4.61. The minimum absolute atomic E-state index is 0.393. The molecule has 0 saturated heterocycles. The predicted octanol–water partition coefficient (Wildman–Crippen LogP) is 2.98. The Morgan fingerprint density at radius 2 is 1.95 bits per heavy atom. The van der Waals surface area contributed by atoms with Gasteiger partial charge in [0.25, 0.3) is 0 Å². The Hall–Kier alpha value is -1.88. The van der Waals surface area contributed by atoms with Crippen molar-refractivity contribution in [2.24, 2.45) is 10.8 Å². The van der Waals surface area contributed by atoms with Gasteiger partial charge in [0.1, 0.15) is 6.04 Å². The van der Waals surface area contributed by atoms with Gasteiger partial charge in [0.2, 0.25) is 0 Å². The molecule has 0 aliphatic carbocycles. The van der Waals surface area contributed by atoms with Gasteiger partial charge in [-0.05, 0) is 30.5 Å². The molecule has 2 N–H and O–H groups in total. The second kappa shape index (κ2) is 11.7. The van der Waals surface area contributed by atoms with Crippen LogP contribution in [0.2, 0.25) is 0 Å². The van der Waals surface area contributed by atoms with Gasteiger partial charge in [-0.3, -0.25) is 9.80 Å². The zero-order valence-electron chi connectivity index (χ0n) is 14.4. The number of benzene rings is 1. The van der Waals surface area contributed by atoms with E-state index in [0.29, 0.717) is 6.42 Å². The predicted molar refractivity (Wildman–Crippen MR) is 93.3 cm³/mol. The Morgan fingerprint density at radius 1 is 1.36 bits per heavy atom. The number of unbranched alkanes of at least 4 members (excludes halogenated alkanes) is 1. The lowest BCUT2D eigenvalue weighted by Gasteiger charge is -2.14. The van der Waals surface area contributed by atoms with E-state index in [9.17, 15) is 4.79 Å². The Kier molecular flexibility index (Phi) is 10.7. The van der Waals surface area contributed by atoms with Crippen molar-refractivity contribution in [1.29, 1.82) is 0 Å². The van der Waals surface area contributed by atoms with E-state index in [4.69, 9.17) is 5.73 Å². The zero-order valence-corrected chi connectivity index (χ0v) is 14.4. The third-order valence-electron chi connectivity index (χ3n) is 2.94. The molecular formula is C17H29N3O2. The summed E-state index contributed by atoms with van der Waals surface area (Å²) in [4.78, 5) is 11.3. The number of methoxy groups -OCH3 is 1. The fourth-order valence-electron chi connectivity index (χ4n) is 1.71. The lowest BCUT2D eigenvalue weighted by Crippen LogP contribution is -2.33. The van der Waals surface area contributed by atoms with E-state index in [-0.39, 0.29) is 0 Å². The minimum Gasteiger partial charge on any atom is -0.468 e. The fraction of sp³-hybridized carbons (Fsp3) is 0.529. The molecule has 0 aliphatic heterocycles. The highest BCUT2D eigenvalue weighted by Gasteiger charge is 2.14. The van der Waals surface area contributed by atoms with Gasteiger partial charge in [0.15, 0.2) is 0 Å². The number of hydrazone groups is 1. The summed E-state index contributed by atoms with van der Waals surface area (Å²) in [6.45, 7) is 6.12. The quantitative estimate of drug-likeness (QED) is 0.478. The molecule has 1 aromatic carbocycles. The van der Waals surface area contributed by atoms with Gasteiger partial charge in [-0.25, -0.2) is 0 Å². The van der Waals surface area contributed by atoms with Crippen molar-refractivity contribution in [3.05, 3.63) is 29.8 Å². The van der Waals surface area contributed by atoms with Crippen molar-refractivity contribution in [1.82, 2.24) is 0 Å². The van der Waals surface area contributed by atoms with Crippen LogP contribution in [0.5, 0.6) is 0 Å². The molecule has 0 spiro atoms. The van der Waals surface area contributed by atoms with Crippen LogP contribution in [0.15, 0.2) is 29.4 Å². The first-order valence-corrected chi connectivity index (χ1v) is 7.77. The van der Waals surface area contributed by atoms with Crippen molar-refractivity contribution in [3.63, 3.8) is 0 Å². The molecule has 1 rings (SSSR count). The van der Waals surface area contributed by atoms with Crippen molar-refractivity contribution >= 4 is 17.9 Å². The Morgan fingerprint density at radius 3 is 2.45 bits per heavy atom. The Labute approximate surface area is 134 Å². The average molecular weight is 307 g/mol. The number of ether oxygens (including phenoxy) is 1. The highest BCUT2D eigenvalue weighted by molar-refractivity contribution is 5.75. The number of carbonyl (C=O) groups excluding carboxylic acids is 1. The molecule has 0 bridgehead atoms. The van der Waals surface area contributed by atoms with Gasteiger partial charge in [-0.1, -0.05) is 39.3 Å². The summed E-state index contributed by atoms with van der Waals surface area (Å²) in [5.74, 6) is -0.393. The number of carbonyl (C=O) groups is 1. The lowest BCUT2D eigenvalue weighted by molar-refractivity contribution is -0.142. The molecule has 22 heavy (non-hydrogen) atoms. The first-order valence-electron chi connectivity index (χ1n) is 7.77. The molecule has 1 aromatic rings. The number of rotatable bonds is 7. The zero-order chi connectivity index (χ0) is 17.0. The molecule has 1 unspecified atom stereocenters. The average Bonchev–Trinajstić information content (AvgIpc) is 2.56. The standard InChI is InChI=1S/C15H23N3O2.C2H6/c1-4-5-10-17-18(2)13-8-6-12(7-9-13)11-14(16)15(19)20-3;1-2/h6-10,14H,4-5,11,16H2,1-3H3;1-2H3/b17-10-;. The maximum absolute atomic E-state index is 11.3. The van der Waals surface area contributed by atoms with E-state index in [0.717, 1.165) is 24.1 Å². The van der Waals surface area contributed by atoms with Crippen LogP contribution in [0.4, 0.5) is 5.69 Å². The van der Waals surface area contributed by atoms with Crippen LogP contribution in [0.25, 0.3) is 0 Å². The van der Waals surface area contributed by atoms with Crippen LogP contribution in [-0.2, 0) is 16.0 Å². The first kappa shape index (κ1) is 20.1. The Bertz CT molecular complexity index is 444. The van der Waals surface area contributed by atoms with E-state index < -0.39 is 12.0 Å². The van der Waals surface area contributed by atoms with Crippen LogP contribution in [0.1, 0.15) is 39.2 Å². The summed E-state index contributed by atoms with van der Waals surface area (Å²) in [7, 11) is 3.25. The van der Waals surface area contributed by atoms with Crippen LogP contribution >= 0.6 is 0 Å². The number of esters is 1. The van der Waals surface area contributed by atoms with Crippen LogP contribution in [-0.4, -0.2) is 32.4 Å². The molecular weight excluding hydrogens is 278 g/mol. The van der Waals surface area contributed by atoms with E-state index in [1.54, 1.807) is 0 Å². The molecule has 5 nitrogen and oxygen atoms in total. The minimum atomic E-state index is -0.619. The van der Waals surface area contributed by atoms with Gasteiger partial charge >= 0.3 is 5.97 Å². The molecule has 0 aromatic heterocycles. The summed E-state index contributed by atoms with van der Waals surface area (Å²) >= 11 is 0. The van der Waals surface area contributed by atoms with Crippen molar-refractivity contribution < 1.29 is 9.53 Å². The van der Waals surface area contributed by atoms with Gasteiger partial charge < -0.3 is 10.5 Å². The number of hydrogen-bond acceptors (Lipinski definition) is 5. The smallest absolute Gasteiger partial charge is 0.322 e. The molecule has 0 fully saturated rings. The molecule has 5 heteroatoms. The molecule has 0 heterocycles. The summed E-state index contributed by atoms with van der Waals surface area (Å²) < 4.78 is 4.61. The topological polar surface area (TPSA) is 67.9 Å². The number of nitrogens with zero attached hydrogens (tertiary/aromatic N) is 2. The van der Waals surface area contributed by atoms with Gasteiger partial charge in [0, 0.05) is 13.3 Å². The van der Waals surface area contributed by atoms with Gasteiger partial charge in [-0.15, -0.1) is 0 Å². The maximum atomic E-state index is 11.3. The normalized spacial score (nSPS) is 11.5. The summed E-state index contributed by atoms with van der Waals surface area (Å²) in [6.07, 6.45) is 4.43. The SMILES string of the molecule is CC.CCC/C=N\N(C)c1ccc(CC(N)C(=O)OC)cc1. The van der Waals surface area contributed by atoms with Crippen LogP contribution < -0.4 is 10.7 Å². The number of hydrogen-bond donors (Lipinski definition) is 1. The maximum Gasteiger partial charge on any atom is 0.322 e. The first-order chi connectivity index (χ1) is 10.6. The number of nitrogens with two attached hydrogens (primary N) is 1. The fourth-order valence-corrected chi connectivity index (χ4v) is 1.71. The summed E-state index contributed by atoms with van der Waals surface area (Å²) in [6, 6.07) is 7.20. The molecule has 0 aliphatic rings. The van der Waals surface area contributed by atoms with E-state index in [2.05, 4.69) is 16.8 Å².